The van der Waals surface area contributed by atoms with Gasteiger partial charge >= 0.3 is 0 Å². The lowest BCUT2D eigenvalue weighted by atomic mass is 10.1. The molecule has 31 heavy (non-hydrogen) atoms. The average molecular weight is 463 g/mol. The number of nitrogens with one attached hydrogen (secondary N) is 1. The van der Waals surface area contributed by atoms with E-state index in [9.17, 15) is 0 Å². The lowest BCUT2D eigenvalue weighted by Crippen LogP contribution is -2.39. The van der Waals surface area contributed by atoms with Crippen LogP contribution in [0.5, 0.6) is 5.75 Å². The molecule has 1 saturated carbocycles. The number of hydrogen-bond donors (Lipinski definition) is 1. The van der Waals surface area contributed by atoms with Crippen LogP contribution in [0.3, 0.4) is 0 Å². The minimum atomic E-state index is -1.34. The summed E-state index contributed by atoms with van der Waals surface area (Å²) in [5.74, 6) is 2.42. The fourth-order valence-corrected chi connectivity index (χ4v) is 3.93. The van der Waals surface area contributed by atoms with Gasteiger partial charge in [-0.05, 0) is 62.4 Å². The molecule has 1 unspecified atom stereocenters. The number of alkyl halides is 1. The molecule has 2 aromatic rings. The highest BCUT2D eigenvalue weighted by Crippen LogP contribution is 2.41. The number of ether oxygens (including phenoxy) is 2. The third-order valence-electron chi connectivity index (χ3n) is 4.97. The van der Waals surface area contributed by atoms with E-state index >= 15 is 4.39 Å². The van der Waals surface area contributed by atoms with Gasteiger partial charge in [-0.15, -0.1) is 0 Å². The van der Waals surface area contributed by atoms with Crippen LogP contribution in [0.2, 0.25) is 10.0 Å². The molecule has 7 heteroatoms. The van der Waals surface area contributed by atoms with Gasteiger partial charge in [0, 0.05) is 21.7 Å². The molecule has 164 valence electrons. The van der Waals surface area contributed by atoms with Gasteiger partial charge in [0.1, 0.15) is 11.9 Å². The van der Waals surface area contributed by atoms with Gasteiger partial charge in [0.25, 0.3) is 0 Å². The van der Waals surface area contributed by atoms with Crippen molar-refractivity contribution < 1.29 is 13.9 Å². The summed E-state index contributed by atoms with van der Waals surface area (Å²) in [7, 11) is 0. The van der Waals surface area contributed by atoms with E-state index in [1.54, 1.807) is 35.5 Å². The Balaban J connectivity index is 1.52. The van der Waals surface area contributed by atoms with Crippen molar-refractivity contribution in [1.29, 1.82) is 0 Å². The quantitative estimate of drug-likeness (QED) is 0.462. The predicted octanol–water partition coefficient (Wildman–Crippen LogP) is 6.89. The number of rotatable bonds is 8. The zero-order valence-corrected chi connectivity index (χ0v) is 19.0. The third-order valence-corrected chi connectivity index (χ3v) is 5.53. The Morgan fingerprint density at radius 1 is 1.16 bits per heavy atom. The zero-order chi connectivity index (χ0) is 22.0. The van der Waals surface area contributed by atoms with Crippen LogP contribution in [-0.2, 0) is 4.74 Å². The van der Waals surface area contributed by atoms with Gasteiger partial charge in [-0.3, -0.25) is 10.4 Å². The summed E-state index contributed by atoms with van der Waals surface area (Å²) in [6.07, 6.45) is 4.54. The number of allylic oxidation sites excluding steroid dienone is 1. The Bertz CT molecular complexity index is 1000. The van der Waals surface area contributed by atoms with Crippen molar-refractivity contribution >= 4 is 23.2 Å². The monoisotopic (exact) mass is 462 g/mol. The Morgan fingerprint density at radius 3 is 2.68 bits per heavy atom. The highest BCUT2D eigenvalue weighted by atomic mass is 35.5. The van der Waals surface area contributed by atoms with Gasteiger partial charge in [-0.2, -0.15) is 0 Å². The van der Waals surface area contributed by atoms with E-state index < -0.39 is 6.17 Å². The standard InChI is InChI=1S/C24H25Cl2FN2O2/c1-15(2)30-24-12-20(31-19-5-3-4-17(10-19)16-6-7-16)13-29(28-24)14-23(27)21-9-8-18(25)11-22(21)26/h3-5,8-13,15-16,23,28H,6-7,14H2,1-2H3. The molecule has 1 aliphatic carbocycles. The van der Waals surface area contributed by atoms with E-state index in [2.05, 4.69) is 17.6 Å². The van der Waals surface area contributed by atoms with Crippen molar-refractivity contribution in [1.82, 2.24) is 10.4 Å². The van der Waals surface area contributed by atoms with Crippen LogP contribution < -0.4 is 10.2 Å². The zero-order valence-electron chi connectivity index (χ0n) is 17.4. The summed E-state index contributed by atoms with van der Waals surface area (Å²) in [4.78, 5) is 0. The van der Waals surface area contributed by atoms with E-state index in [1.165, 1.54) is 18.4 Å². The van der Waals surface area contributed by atoms with Gasteiger partial charge in [-0.1, -0.05) is 41.4 Å². The molecule has 1 N–H and O–H groups in total. The van der Waals surface area contributed by atoms with Crippen LogP contribution >= 0.6 is 23.2 Å². The first-order chi connectivity index (χ1) is 14.9. The maximum absolute atomic E-state index is 15.1. The molecule has 0 spiro atoms. The van der Waals surface area contributed by atoms with Crippen molar-refractivity contribution in [2.75, 3.05) is 6.54 Å². The van der Waals surface area contributed by atoms with Crippen LogP contribution in [-0.4, -0.2) is 17.7 Å². The Kier molecular flexibility index (Phi) is 6.63. The van der Waals surface area contributed by atoms with Crippen molar-refractivity contribution in [2.45, 2.75) is 44.9 Å². The van der Waals surface area contributed by atoms with E-state index in [4.69, 9.17) is 32.7 Å². The molecular formula is C24H25Cl2FN2O2. The van der Waals surface area contributed by atoms with Crippen molar-refractivity contribution in [2.24, 2.45) is 0 Å². The summed E-state index contributed by atoms with van der Waals surface area (Å²) in [5, 5.41) is 2.37. The van der Waals surface area contributed by atoms with E-state index in [0.29, 0.717) is 33.2 Å². The molecule has 4 nitrogen and oxygen atoms in total. The van der Waals surface area contributed by atoms with Crippen LogP contribution in [0, 0.1) is 0 Å². The highest BCUT2D eigenvalue weighted by Gasteiger charge is 2.24. The molecule has 0 bridgehead atoms. The Labute approximate surface area is 192 Å². The second-order valence-electron chi connectivity index (χ2n) is 8.05. The first-order valence-corrected chi connectivity index (χ1v) is 11.1. The molecule has 2 aliphatic rings. The number of halogens is 3. The van der Waals surface area contributed by atoms with Gasteiger partial charge in [-0.25, -0.2) is 4.39 Å². The SMILES string of the molecule is CC(C)OC1=CC(Oc2cccc(C3CC3)c2)=CN(CC(F)c2ccc(Cl)cc2Cl)N1. The van der Waals surface area contributed by atoms with Crippen LogP contribution in [0.15, 0.2) is 66.4 Å². The minimum absolute atomic E-state index is 0.00905. The van der Waals surface area contributed by atoms with Crippen LogP contribution in [0.4, 0.5) is 4.39 Å². The first-order valence-electron chi connectivity index (χ1n) is 10.4. The molecule has 0 saturated heterocycles. The normalized spacial score (nSPS) is 17.0. The fourth-order valence-electron chi connectivity index (χ4n) is 3.41. The summed E-state index contributed by atoms with van der Waals surface area (Å²) in [6.45, 7) is 3.86. The molecule has 2 aromatic carbocycles. The third kappa shape index (κ3) is 5.86. The largest absolute Gasteiger partial charge is 0.475 e. The van der Waals surface area contributed by atoms with Crippen LogP contribution in [0.1, 0.15) is 49.9 Å². The van der Waals surface area contributed by atoms with Gasteiger partial charge in [0.2, 0.25) is 5.88 Å². The van der Waals surface area contributed by atoms with E-state index in [0.717, 1.165) is 5.75 Å². The molecule has 1 fully saturated rings. The molecule has 1 aliphatic heterocycles. The molecule has 0 amide bonds. The molecule has 4 rings (SSSR count). The molecule has 1 heterocycles. The molecule has 1 atom stereocenters. The number of hydrazine groups is 1. The average Bonchev–Trinajstić information content (AvgIpc) is 3.52. The number of nitrogens with zero attached hydrogens (tertiary/aromatic N) is 1. The van der Waals surface area contributed by atoms with E-state index in [-0.39, 0.29) is 12.6 Å². The number of benzene rings is 2. The predicted molar refractivity (Wildman–Crippen MR) is 122 cm³/mol. The smallest absolute Gasteiger partial charge is 0.209 e. The Hall–Kier alpha value is -2.37. The Morgan fingerprint density at radius 2 is 1.97 bits per heavy atom. The maximum atomic E-state index is 15.1. The topological polar surface area (TPSA) is 33.7 Å². The first kappa shape index (κ1) is 21.8. The summed E-state index contributed by atoms with van der Waals surface area (Å²) < 4.78 is 27.0. The highest BCUT2D eigenvalue weighted by molar-refractivity contribution is 6.35. The summed E-state index contributed by atoms with van der Waals surface area (Å²) in [6, 6.07) is 12.9. The molecule has 0 radical (unpaired) electrons. The number of hydrogen-bond acceptors (Lipinski definition) is 4. The maximum Gasteiger partial charge on any atom is 0.209 e. The lowest BCUT2D eigenvalue weighted by Gasteiger charge is -2.30. The summed E-state index contributed by atoms with van der Waals surface area (Å²) >= 11 is 12.1. The van der Waals surface area contributed by atoms with Gasteiger partial charge in [0.15, 0.2) is 5.76 Å². The van der Waals surface area contributed by atoms with E-state index in [1.807, 2.05) is 26.0 Å². The minimum Gasteiger partial charge on any atom is -0.475 e. The second kappa shape index (κ2) is 9.41. The van der Waals surface area contributed by atoms with Crippen LogP contribution in [0.25, 0.3) is 0 Å². The van der Waals surface area contributed by atoms with Gasteiger partial charge < -0.3 is 9.47 Å². The van der Waals surface area contributed by atoms with Crippen molar-refractivity contribution in [3.63, 3.8) is 0 Å². The molecular weight excluding hydrogens is 438 g/mol. The lowest BCUT2D eigenvalue weighted by molar-refractivity contribution is 0.0813. The molecule has 0 aromatic heterocycles. The van der Waals surface area contributed by atoms with Crippen molar-refractivity contribution in [3.05, 3.63) is 87.6 Å². The van der Waals surface area contributed by atoms with Gasteiger partial charge in [0.05, 0.1) is 18.8 Å². The summed E-state index contributed by atoms with van der Waals surface area (Å²) in [5.41, 5.74) is 4.74. The van der Waals surface area contributed by atoms with Crippen molar-refractivity contribution in [3.8, 4) is 5.75 Å². The second-order valence-corrected chi connectivity index (χ2v) is 8.90. The fraction of sp³-hybridized carbons (Fsp3) is 0.333.